The predicted octanol–water partition coefficient (Wildman–Crippen LogP) is 27.7. The van der Waals surface area contributed by atoms with Crippen LogP contribution in [0.1, 0.15) is 438 Å². The number of carbonyl (C=O) groups excluding carboxylic acids is 1. The molecule has 1 amide bonds. The number of carbonyl (C=O) groups is 1. The van der Waals surface area contributed by atoms with Gasteiger partial charge in [-0.25, -0.2) is 4.57 Å². The van der Waals surface area contributed by atoms with Crippen LogP contribution < -0.4 is 5.32 Å². The predicted molar refractivity (Wildman–Crippen MR) is 415 cm³/mol. The molecule has 0 aromatic heterocycles. The topological polar surface area (TPSA) is 105 Å². The van der Waals surface area contributed by atoms with Crippen LogP contribution in [0.5, 0.6) is 0 Å². The minimum atomic E-state index is -4.33. The third-order valence-electron chi connectivity index (χ3n) is 19.6. The minimum Gasteiger partial charge on any atom is -0.391 e. The average Bonchev–Trinajstić information content (AvgIpc) is 1.77. The van der Waals surface area contributed by atoms with Gasteiger partial charge in [-0.15, -0.1) is 0 Å². The fraction of sp³-hybridized carbons (Fsp3) is 0.894. The van der Waals surface area contributed by atoms with Crippen molar-refractivity contribution in [3.8, 4) is 0 Å². The molecule has 94 heavy (non-hydrogen) atoms. The molecule has 8 nitrogen and oxygen atoms in total. The summed E-state index contributed by atoms with van der Waals surface area (Å²) in [6, 6.07) is -0.761. The van der Waals surface area contributed by atoms with E-state index in [1.165, 1.54) is 347 Å². The number of aliphatic hydroxyl groups is 1. The zero-order chi connectivity index (χ0) is 68.3. The number of allylic oxidation sites excluding steroid dienone is 8. The minimum absolute atomic E-state index is 0.0776. The maximum atomic E-state index is 13.1. The normalized spacial score (nSPS) is 13.6. The second kappa shape index (κ2) is 75.7. The van der Waals surface area contributed by atoms with Crippen molar-refractivity contribution in [1.82, 2.24) is 5.32 Å². The highest BCUT2D eigenvalue weighted by molar-refractivity contribution is 7.47. The summed E-state index contributed by atoms with van der Waals surface area (Å²) in [5.74, 6) is -0.134. The van der Waals surface area contributed by atoms with Crippen LogP contribution in [0.4, 0.5) is 0 Å². The Balaban J connectivity index is 3.86. The number of quaternary nitrogens is 1. The van der Waals surface area contributed by atoms with E-state index in [0.29, 0.717) is 23.9 Å². The Morgan fingerprint density at radius 1 is 0.372 bits per heavy atom. The zero-order valence-electron chi connectivity index (χ0n) is 64.0. The van der Waals surface area contributed by atoms with Gasteiger partial charge >= 0.3 is 7.82 Å². The summed E-state index contributed by atoms with van der Waals surface area (Å²) >= 11 is 0. The molecule has 0 spiro atoms. The van der Waals surface area contributed by atoms with E-state index in [1.54, 1.807) is 0 Å². The summed E-state index contributed by atoms with van der Waals surface area (Å²) in [6.07, 6.45) is 104. The van der Waals surface area contributed by atoms with Gasteiger partial charge in [0.2, 0.25) is 5.91 Å². The Hall–Kier alpha value is -1.54. The van der Waals surface area contributed by atoms with Crippen LogP contribution in [0.25, 0.3) is 0 Å². The third kappa shape index (κ3) is 77.8. The van der Waals surface area contributed by atoms with Gasteiger partial charge in [0, 0.05) is 6.42 Å². The van der Waals surface area contributed by atoms with Gasteiger partial charge in [0.25, 0.3) is 0 Å². The number of nitrogens with zero attached hydrogens (tertiary/aromatic N) is 1. The maximum absolute atomic E-state index is 13.1. The molecule has 3 atom stereocenters. The number of unbranched alkanes of at least 4 members (excludes halogenated alkanes) is 58. The lowest BCUT2D eigenvalue weighted by atomic mass is 10.0. The highest BCUT2D eigenvalue weighted by atomic mass is 31.2. The SMILES string of the molecule is CC/C=C\C/C=C\C/C=C\C/C=C\CCCCCCCCCCCCCCCCCCCCCCCCCCCCCCC(=O)NC(COP(=O)(O)OCC[N+](C)(C)C)C(O)CCCCCCCCCCCCCCCCCCCCCCCCCCCCCCCCC. The van der Waals surface area contributed by atoms with Crippen molar-refractivity contribution in [2.45, 2.75) is 450 Å². The van der Waals surface area contributed by atoms with E-state index < -0.39 is 20.0 Å². The van der Waals surface area contributed by atoms with Crippen molar-refractivity contribution in [2.24, 2.45) is 0 Å². The number of rotatable bonds is 79. The average molecular weight is 1340 g/mol. The summed E-state index contributed by atoms with van der Waals surface area (Å²) in [4.78, 5) is 23.6. The molecule has 9 heteroatoms. The second-order valence-corrected chi connectivity index (χ2v) is 31.6. The number of hydrogen-bond acceptors (Lipinski definition) is 5. The number of hydrogen-bond donors (Lipinski definition) is 3. The molecule has 0 aliphatic carbocycles. The van der Waals surface area contributed by atoms with Gasteiger partial charge in [-0.05, 0) is 51.4 Å². The molecule has 0 bridgehead atoms. The lowest BCUT2D eigenvalue weighted by Gasteiger charge is -2.26. The van der Waals surface area contributed by atoms with Crippen LogP contribution >= 0.6 is 7.82 Å². The van der Waals surface area contributed by atoms with Gasteiger partial charge in [-0.2, -0.15) is 0 Å². The maximum Gasteiger partial charge on any atom is 0.472 e. The summed E-state index contributed by atoms with van der Waals surface area (Å²) in [6.45, 7) is 4.85. The summed E-state index contributed by atoms with van der Waals surface area (Å²) in [5.41, 5.74) is 0. The molecule has 0 saturated heterocycles. The van der Waals surface area contributed by atoms with Crippen molar-refractivity contribution in [3.05, 3.63) is 48.6 Å². The van der Waals surface area contributed by atoms with E-state index in [-0.39, 0.29) is 19.1 Å². The molecule has 0 aliphatic heterocycles. The van der Waals surface area contributed by atoms with Crippen molar-refractivity contribution >= 4 is 13.7 Å². The molecule has 0 fully saturated rings. The summed E-state index contributed by atoms with van der Waals surface area (Å²) in [5, 5.41) is 14.2. The first-order valence-electron chi connectivity index (χ1n) is 42.0. The van der Waals surface area contributed by atoms with Crippen molar-refractivity contribution in [3.63, 3.8) is 0 Å². The molecule has 0 rings (SSSR count). The zero-order valence-corrected chi connectivity index (χ0v) is 64.9. The van der Waals surface area contributed by atoms with E-state index in [1.807, 2.05) is 21.1 Å². The second-order valence-electron chi connectivity index (χ2n) is 30.2. The lowest BCUT2D eigenvalue weighted by Crippen LogP contribution is -2.46. The van der Waals surface area contributed by atoms with Crippen molar-refractivity contribution in [2.75, 3.05) is 40.9 Å². The Labute approximate surface area is 588 Å². The van der Waals surface area contributed by atoms with Gasteiger partial charge in [0.05, 0.1) is 39.9 Å². The van der Waals surface area contributed by atoms with Crippen molar-refractivity contribution in [1.29, 1.82) is 0 Å². The van der Waals surface area contributed by atoms with Crippen LogP contribution in [0.15, 0.2) is 48.6 Å². The summed E-state index contributed by atoms with van der Waals surface area (Å²) < 4.78 is 24.0. The lowest BCUT2D eigenvalue weighted by molar-refractivity contribution is -0.870. The first kappa shape index (κ1) is 92.5. The quantitative estimate of drug-likeness (QED) is 0.0243. The number of likely N-dealkylation sites (N-methyl/N-ethyl adjacent to an activating group) is 1. The Bertz CT molecular complexity index is 1680. The first-order valence-corrected chi connectivity index (χ1v) is 43.5. The molecule has 0 heterocycles. The molecule has 0 aromatic rings. The molecule has 3 N–H and O–H groups in total. The molecule has 0 radical (unpaired) electrons. The van der Waals surface area contributed by atoms with Crippen molar-refractivity contribution < 1.29 is 32.9 Å². The van der Waals surface area contributed by atoms with Gasteiger partial charge in [0.15, 0.2) is 0 Å². The Morgan fingerprint density at radius 3 is 0.936 bits per heavy atom. The smallest absolute Gasteiger partial charge is 0.391 e. The Morgan fingerprint density at radius 2 is 0.638 bits per heavy atom. The molecule has 3 unspecified atom stereocenters. The van der Waals surface area contributed by atoms with E-state index >= 15 is 0 Å². The number of phosphoric acid groups is 1. The fourth-order valence-corrected chi connectivity index (χ4v) is 13.9. The number of nitrogens with one attached hydrogen (secondary N) is 1. The number of phosphoric ester groups is 1. The Kier molecular flexibility index (Phi) is 74.4. The number of amides is 1. The highest BCUT2D eigenvalue weighted by Gasteiger charge is 2.28. The molecular formula is C85H166N2O6P+. The molecule has 0 aliphatic rings. The van der Waals surface area contributed by atoms with Crippen LogP contribution in [-0.2, 0) is 18.4 Å². The molecule has 556 valence electrons. The number of aliphatic hydroxyl groups excluding tert-OH is 1. The van der Waals surface area contributed by atoms with Crippen LogP contribution in [0.2, 0.25) is 0 Å². The van der Waals surface area contributed by atoms with E-state index in [9.17, 15) is 19.4 Å². The van der Waals surface area contributed by atoms with Gasteiger partial charge in [0.1, 0.15) is 13.2 Å². The molecular weight excluding hydrogens is 1180 g/mol. The molecule has 0 saturated carbocycles. The van der Waals surface area contributed by atoms with Gasteiger partial charge in [-0.1, -0.05) is 428 Å². The largest absolute Gasteiger partial charge is 0.472 e. The van der Waals surface area contributed by atoms with Gasteiger partial charge < -0.3 is 19.8 Å². The summed E-state index contributed by atoms with van der Waals surface area (Å²) in [7, 11) is 1.64. The fourth-order valence-electron chi connectivity index (χ4n) is 13.2. The monoisotopic (exact) mass is 1340 g/mol. The standard InChI is InChI=1S/C85H165N2O6P/c1-6-8-10-12-14-16-18-20-22-24-26-28-30-32-34-36-38-39-40-41-42-43-44-45-46-47-49-51-53-55-57-59-61-63-65-67-69-71-73-75-77-79-85(89)86-83(82-93-94(90,91)92-81-80-87(3,4)5)84(88)78-76-74-72-70-68-66-64-62-60-58-56-54-52-50-48-37-35-33-31-29-27-25-23-21-19-17-15-13-11-9-7-2/h8,10,14,16,20,22,26,28,83-84,88H,6-7,9,11-13,15,17-19,21,23-25,27,29-82H2,1-5H3,(H-,86,89,90,91)/p+1/b10-8-,16-14-,22-20-,28-26-. The van der Waals surface area contributed by atoms with E-state index in [0.717, 1.165) is 64.2 Å². The van der Waals surface area contributed by atoms with E-state index in [4.69, 9.17) is 9.05 Å². The third-order valence-corrected chi connectivity index (χ3v) is 20.6. The first-order chi connectivity index (χ1) is 46.0. The highest BCUT2D eigenvalue weighted by Crippen LogP contribution is 2.43. The van der Waals surface area contributed by atoms with Crippen LogP contribution in [-0.4, -0.2) is 73.4 Å². The van der Waals surface area contributed by atoms with Crippen LogP contribution in [0.3, 0.4) is 0 Å². The molecule has 0 aromatic carbocycles. The van der Waals surface area contributed by atoms with E-state index in [2.05, 4.69) is 67.8 Å². The van der Waals surface area contributed by atoms with Crippen LogP contribution in [0, 0.1) is 0 Å². The van der Waals surface area contributed by atoms with Gasteiger partial charge in [-0.3, -0.25) is 13.8 Å².